The molecular weight excluding hydrogens is 244 g/mol. The standard InChI is InChI=1S/C11H13ClN2O3/c12-11-13-9(6-15)5-10(14-11)17-7-8-1-3-16-4-2-8/h5-6,8H,1-4,7H2. The van der Waals surface area contributed by atoms with Crippen molar-refractivity contribution < 1.29 is 14.3 Å². The molecule has 1 saturated heterocycles. The van der Waals surface area contributed by atoms with Crippen molar-refractivity contribution >= 4 is 17.9 Å². The minimum absolute atomic E-state index is 0.0246. The summed E-state index contributed by atoms with van der Waals surface area (Å²) in [4.78, 5) is 18.2. The molecule has 5 nitrogen and oxygen atoms in total. The Morgan fingerprint density at radius 3 is 2.94 bits per heavy atom. The van der Waals surface area contributed by atoms with E-state index in [1.807, 2.05) is 0 Å². The first-order valence-electron chi connectivity index (χ1n) is 5.48. The molecule has 0 unspecified atom stereocenters. The third kappa shape index (κ3) is 3.64. The van der Waals surface area contributed by atoms with Gasteiger partial charge in [0.05, 0.1) is 6.61 Å². The lowest BCUT2D eigenvalue weighted by molar-refractivity contribution is 0.0490. The number of rotatable bonds is 4. The summed E-state index contributed by atoms with van der Waals surface area (Å²) in [6.07, 6.45) is 2.59. The van der Waals surface area contributed by atoms with Crippen LogP contribution in [-0.2, 0) is 4.74 Å². The maximum Gasteiger partial charge on any atom is 0.226 e. The van der Waals surface area contributed by atoms with Gasteiger partial charge in [-0.2, -0.15) is 4.98 Å². The minimum atomic E-state index is 0.0246. The zero-order valence-electron chi connectivity index (χ0n) is 9.26. The normalized spacial score (nSPS) is 16.8. The second-order valence-electron chi connectivity index (χ2n) is 3.88. The smallest absolute Gasteiger partial charge is 0.226 e. The van der Waals surface area contributed by atoms with Crippen LogP contribution in [0, 0.1) is 5.92 Å². The largest absolute Gasteiger partial charge is 0.477 e. The van der Waals surface area contributed by atoms with Crippen LogP contribution < -0.4 is 4.74 Å². The molecule has 0 amide bonds. The molecule has 0 atom stereocenters. The van der Waals surface area contributed by atoms with Crippen molar-refractivity contribution in [3.8, 4) is 5.88 Å². The van der Waals surface area contributed by atoms with Gasteiger partial charge in [0, 0.05) is 19.3 Å². The van der Waals surface area contributed by atoms with Gasteiger partial charge >= 0.3 is 0 Å². The van der Waals surface area contributed by atoms with Crippen molar-refractivity contribution in [1.82, 2.24) is 9.97 Å². The Kier molecular flexibility index (Phi) is 4.28. The second kappa shape index (κ2) is 5.93. The van der Waals surface area contributed by atoms with Crippen molar-refractivity contribution in [2.75, 3.05) is 19.8 Å². The quantitative estimate of drug-likeness (QED) is 0.607. The minimum Gasteiger partial charge on any atom is -0.477 e. The fraction of sp³-hybridized carbons (Fsp3) is 0.545. The molecule has 0 saturated carbocycles. The SMILES string of the molecule is O=Cc1cc(OCC2CCOCC2)nc(Cl)n1. The van der Waals surface area contributed by atoms with E-state index in [-0.39, 0.29) is 11.0 Å². The van der Waals surface area contributed by atoms with Crippen LogP contribution in [-0.4, -0.2) is 36.1 Å². The van der Waals surface area contributed by atoms with E-state index in [1.165, 1.54) is 6.07 Å². The van der Waals surface area contributed by atoms with Gasteiger partial charge in [-0.3, -0.25) is 4.79 Å². The molecule has 1 aliphatic rings. The van der Waals surface area contributed by atoms with Crippen molar-refractivity contribution in [3.05, 3.63) is 17.0 Å². The highest BCUT2D eigenvalue weighted by atomic mass is 35.5. The molecule has 1 aliphatic heterocycles. The number of carbonyl (C=O) groups excluding carboxylic acids is 1. The predicted molar refractivity (Wildman–Crippen MR) is 61.5 cm³/mol. The third-order valence-corrected chi connectivity index (χ3v) is 2.79. The van der Waals surface area contributed by atoms with Gasteiger partial charge < -0.3 is 9.47 Å². The highest BCUT2D eigenvalue weighted by Crippen LogP contribution is 2.17. The summed E-state index contributed by atoms with van der Waals surface area (Å²) in [5.74, 6) is 0.816. The van der Waals surface area contributed by atoms with Crippen molar-refractivity contribution in [2.45, 2.75) is 12.8 Å². The summed E-state index contributed by atoms with van der Waals surface area (Å²) in [7, 11) is 0. The molecule has 6 heteroatoms. The lowest BCUT2D eigenvalue weighted by Crippen LogP contribution is -2.21. The fourth-order valence-corrected chi connectivity index (χ4v) is 1.85. The molecule has 1 aromatic heterocycles. The second-order valence-corrected chi connectivity index (χ2v) is 4.22. The summed E-state index contributed by atoms with van der Waals surface area (Å²) < 4.78 is 10.8. The number of nitrogens with zero attached hydrogens (tertiary/aromatic N) is 2. The van der Waals surface area contributed by atoms with Crippen molar-refractivity contribution in [3.63, 3.8) is 0 Å². The van der Waals surface area contributed by atoms with Crippen LogP contribution in [0.15, 0.2) is 6.07 Å². The first-order chi connectivity index (χ1) is 8.28. The van der Waals surface area contributed by atoms with Gasteiger partial charge in [-0.1, -0.05) is 0 Å². The molecule has 0 aromatic carbocycles. The molecule has 92 valence electrons. The Morgan fingerprint density at radius 1 is 1.47 bits per heavy atom. The van der Waals surface area contributed by atoms with Gasteiger partial charge in [-0.25, -0.2) is 4.98 Å². The van der Waals surface area contributed by atoms with E-state index in [1.54, 1.807) is 0 Å². The summed E-state index contributed by atoms with van der Waals surface area (Å²) in [5.41, 5.74) is 0.229. The van der Waals surface area contributed by atoms with Gasteiger partial charge in [0.25, 0.3) is 0 Å². The van der Waals surface area contributed by atoms with Gasteiger partial charge in [0.15, 0.2) is 6.29 Å². The van der Waals surface area contributed by atoms with Gasteiger partial charge in [-0.05, 0) is 30.4 Å². The lowest BCUT2D eigenvalue weighted by Gasteiger charge is -2.21. The van der Waals surface area contributed by atoms with Crippen LogP contribution in [0.4, 0.5) is 0 Å². The zero-order valence-corrected chi connectivity index (χ0v) is 10.0. The Hall–Kier alpha value is -1.20. The summed E-state index contributed by atoms with van der Waals surface area (Å²) in [6, 6.07) is 1.48. The molecule has 0 spiro atoms. The maximum atomic E-state index is 10.6. The summed E-state index contributed by atoms with van der Waals surface area (Å²) in [5, 5.41) is 0.0246. The molecule has 0 radical (unpaired) electrons. The van der Waals surface area contributed by atoms with E-state index >= 15 is 0 Å². The van der Waals surface area contributed by atoms with E-state index in [4.69, 9.17) is 21.1 Å². The molecule has 0 bridgehead atoms. The molecule has 1 fully saturated rings. The number of carbonyl (C=O) groups is 1. The number of hydrogen-bond donors (Lipinski definition) is 0. The van der Waals surface area contributed by atoms with E-state index in [9.17, 15) is 4.79 Å². The topological polar surface area (TPSA) is 61.3 Å². The first kappa shape index (κ1) is 12.3. The van der Waals surface area contributed by atoms with Crippen molar-refractivity contribution in [1.29, 1.82) is 0 Å². The predicted octanol–water partition coefficient (Wildman–Crippen LogP) is 1.75. The van der Waals surface area contributed by atoms with Crippen LogP contribution >= 0.6 is 11.6 Å². The Labute approximate surface area is 104 Å². The Bertz CT molecular complexity index is 394. The number of halogens is 1. The van der Waals surface area contributed by atoms with Gasteiger partial charge in [-0.15, -0.1) is 0 Å². The van der Waals surface area contributed by atoms with E-state index in [0.29, 0.717) is 24.7 Å². The highest BCUT2D eigenvalue weighted by molar-refractivity contribution is 6.28. The zero-order chi connectivity index (χ0) is 12.1. The van der Waals surface area contributed by atoms with Crippen LogP contribution in [0.25, 0.3) is 0 Å². The van der Waals surface area contributed by atoms with E-state index in [0.717, 1.165) is 26.1 Å². The van der Waals surface area contributed by atoms with Crippen LogP contribution in [0.2, 0.25) is 5.28 Å². The number of hydrogen-bond acceptors (Lipinski definition) is 5. The molecule has 17 heavy (non-hydrogen) atoms. The third-order valence-electron chi connectivity index (χ3n) is 2.62. The Balaban J connectivity index is 1.93. The fourth-order valence-electron chi connectivity index (χ4n) is 1.66. The average molecular weight is 257 g/mol. The molecule has 2 rings (SSSR count). The molecular formula is C11H13ClN2O3. The number of ether oxygens (including phenoxy) is 2. The maximum absolute atomic E-state index is 10.6. The first-order valence-corrected chi connectivity index (χ1v) is 5.86. The van der Waals surface area contributed by atoms with Crippen LogP contribution in [0.5, 0.6) is 5.88 Å². The average Bonchev–Trinajstić information content (AvgIpc) is 2.37. The lowest BCUT2D eigenvalue weighted by atomic mass is 10.0. The summed E-state index contributed by atoms with van der Waals surface area (Å²) in [6.45, 7) is 2.12. The molecule has 2 heterocycles. The molecule has 1 aromatic rings. The van der Waals surface area contributed by atoms with Gasteiger partial charge in [0.1, 0.15) is 5.69 Å². The number of aldehydes is 1. The molecule has 0 N–H and O–H groups in total. The van der Waals surface area contributed by atoms with E-state index in [2.05, 4.69) is 9.97 Å². The van der Waals surface area contributed by atoms with E-state index < -0.39 is 0 Å². The monoisotopic (exact) mass is 256 g/mol. The van der Waals surface area contributed by atoms with Crippen molar-refractivity contribution in [2.24, 2.45) is 5.92 Å². The van der Waals surface area contributed by atoms with Crippen LogP contribution in [0.1, 0.15) is 23.3 Å². The summed E-state index contributed by atoms with van der Waals surface area (Å²) >= 11 is 5.67. The highest BCUT2D eigenvalue weighted by Gasteiger charge is 2.15. The Morgan fingerprint density at radius 2 is 2.24 bits per heavy atom. The van der Waals surface area contributed by atoms with Crippen LogP contribution in [0.3, 0.4) is 0 Å². The molecule has 0 aliphatic carbocycles. The van der Waals surface area contributed by atoms with Gasteiger partial charge in [0.2, 0.25) is 11.2 Å². The number of aromatic nitrogens is 2.